The van der Waals surface area contributed by atoms with E-state index in [0.717, 1.165) is 4.13 Å². The summed E-state index contributed by atoms with van der Waals surface area (Å²) >= 11 is 0. The van der Waals surface area contributed by atoms with Gasteiger partial charge in [0, 0.05) is 0 Å². The minimum atomic E-state index is -4.70. The zero-order chi connectivity index (χ0) is 15.1. The van der Waals surface area contributed by atoms with Crippen molar-refractivity contribution in [1.29, 1.82) is 0 Å². The normalized spacial score (nSPS) is 16.2. The molecule has 1 N–H and O–H groups in total. The van der Waals surface area contributed by atoms with E-state index in [1.165, 1.54) is 0 Å². The van der Waals surface area contributed by atoms with Crippen LogP contribution in [-0.2, 0) is 20.0 Å². The van der Waals surface area contributed by atoms with Crippen molar-refractivity contribution >= 4 is 20.0 Å². The van der Waals surface area contributed by atoms with Gasteiger partial charge in [-0.2, -0.15) is 0 Å². The van der Waals surface area contributed by atoms with E-state index in [4.69, 9.17) is 0 Å². The van der Waals surface area contributed by atoms with E-state index in [-0.39, 0.29) is 12.8 Å². The molecule has 0 rings (SSSR count). The molecule has 116 valence electrons. The highest BCUT2D eigenvalue weighted by molar-refractivity contribution is 8.05. The number of hydrogen-bond acceptors (Lipinski definition) is 4. The number of nitrogens with one attached hydrogen (secondary N) is 1. The van der Waals surface area contributed by atoms with Crippen molar-refractivity contribution in [1.82, 2.24) is 4.13 Å². The van der Waals surface area contributed by atoms with Gasteiger partial charge in [0.2, 0.25) is 11.0 Å². The molecule has 0 aromatic heterocycles. The Morgan fingerprint density at radius 3 is 1.42 bits per heavy atom. The highest BCUT2D eigenvalue weighted by Gasteiger charge is 2.34. The summed E-state index contributed by atoms with van der Waals surface area (Å²) in [5.74, 6) is 0. The monoisotopic (exact) mass is 321 g/mol. The van der Waals surface area contributed by atoms with Crippen LogP contribution in [0.3, 0.4) is 0 Å². The van der Waals surface area contributed by atoms with Crippen LogP contribution in [0.2, 0.25) is 0 Å². The summed E-state index contributed by atoms with van der Waals surface area (Å²) < 4.78 is 73.5. The number of alkyl halides is 2. The third-order valence-corrected chi connectivity index (χ3v) is 6.15. The maximum Gasteiger partial charge on any atom is 0.256 e. The van der Waals surface area contributed by atoms with Gasteiger partial charge in [-0.15, -0.1) is 4.13 Å². The van der Waals surface area contributed by atoms with Gasteiger partial charge in [0.15, 0.2) is 0 Å². The van der Waals surface area contributed by atoms with Gasteiger partial charge in [-0.1, -0.05) is 26.7 Å². The molecular weight excluding hydrogens is 300 g/mol. The number of halogens is 2. The molecule has 0 saturated heterocycles. The van der Waals surface area contributed by atoms with Crippen LogP contribution in [0.1, 0.15) is 52.4 Å². The van der Waals surface area contributed by atoms with Crippen molar-refractivity contribution in [2.24, 2.45) is 0 Å². The molecule has 0 spiro atoms. The van der Waals surface area contributed by atoms with Gasteiger partial charge in [-0.05, 0) is 25.7 Å². The molecule has 19 heavy (non-hydrogen) atoms. The van der Waals surface area contributed by atoms with Crippen molar-refractivity contribution in [2.45, 2.75) is 63.4 Å². The second-order valence-corrected chi connectivity index (χ2v) is 8.15. The first kappa shape index (κ1) is 18.7. The molecule has 0 heterocycles. The van der Waals surface area contributed by atoms with E-state index in [1.807, 2.05) is 0 Å². The summed E-state index contributed by atoms with van der Waals surface area (Å²) in [6, 6.07) is 0. The minimum absolute atomic E-state index is 0.303. The molecule has 2 atom stereocenters. The van der Waals surface area contributed by atoms with Crippen molar-refractivity contribution < 1.29 is 25.6 Å². The Morgan fingerprint density at radius 2 is 1.16 bits per heavy atom. The lowest BCUT2D eigenvalue weighted by atomic mass is 10.3. The van der Waals surface area contributed by atoms with Crippen molar-refractivity contribution in [3.05, 3.63) is 0 Å². The van der Waals surface area contributed by atoms with Gasteiger partial charge < -0.3 is 0 Å². The second-order valence-electron chi connectivity index (χ2n) is 4.28. The van der Waals surface area contributed by atoms with Gasteiger partial charge >= 0.3 is 0 Å². The topological polar surface area (TPSA) is 80.3 Å². The molecule has 0 amide bonds. The lowest BCUT2D eigenvalue weighted by Gasteiger charge is -2.13. The molecule has 0 aromatic rings. The smallest absolute Gasteiger partial charge is 0.228 e. The Bertz CT molecular complexity index is 408. The molecule has 2 unspecified atom stereocenters. The van der Waals surface area contributed by atoms with Gasteiger partial charge in [-0.25, -0.2) is 25.6 Å². The van der Waals surface area contributed by atoms with E-state index in [2.05, 4.69) is 0 Å². The molecule has 0 aliphatic rings. The average Bonchev–Trinajstić information content (AvgIpc) is 2.31. The molecule has 9 heteroatoms. The SMILES string of the molecule is CCCCC(F)S(=O)(=O)NS(=O)(=O)C(F)CCCC. The summed E-state index contributed by atoms with van der Waals surface area (Å²) in [7, 11) is -9.41. The zero-order valence-corrected chi connectivity index (χ0v) is 12.7. The van der Waals surface area contributed by atoms with Gasteiger partial charge in [0.1, 0.15) is 0 Å². The molecule has 0 saturated carbocycles. The van der Waals surface area contributed by atoms with Crippen LogP contribution in [0.5, 0.6) is 0 Å². The van der Waals surface area contributed by atoms with E-state index in [1.54, 1.807) is 13.8 Å². The van der Waals surface area contributed by atoms with Gasteiger partial charge in [-0.3, -0.25) is 0 Å². The lowest BCUT2D eigenvalue weighted by molar-refractivity contribution is 0.380. The molecule has 0 bridgehead atoms. The van der Waals surface area contributed by atoms with Crippen LogP contribution in [0, 0.1) is 0 Å². The third-order valence-electron chi connectivity index (χ3n) is 2.47. The minimum Gasteiger partial charge on any atom is -0.228 e. The Labute approximate surface area is 113 Å². The van der Waals surface area contributed by atoms with E-state index in [0.29, 0.717) is 25.7 Å². The molecular formula is C10H21F2NO4S2. The van der Waals surface area contributed by atoms with Crippen LogP contribution in [0.25, 0.3) is 0 Å². The summed E-state index contributed by atoms with van der Waals surface area (Å²) in [5, 5.41) is 0. The van der Waals surface area contributed by atoms with E-state index < -0.39 is 31.1 Å². The average molecular weight is 321 g/mol. The number of rotatable bonds is 10. The summed E-state index contributed by atoms with van der Waals surface area (Å²) in [4.78, 5) is 0. The Kier molecular flexibility index (Phi) is 7.99. The van der Waals surface area contributed by atoms with Crippen molar-refractivity contribution in [2.75, 3.05) is 0 Å². The highest BCUT2D eigenvalue weighted by atomic mass is 32.3. The number of sulfonamides is 2. The maximum atomic E-state index is 13.4. The first-order valence-corrected chi connectivity index (χ1v) is 9.31. The van der Waals surface area contributed by atoms with Crippen LogP contribution < -0.4 is 4.13 Å². The quantitative estimate of drug-likeness (QED) is 0.669. The third kappa shape index (κ3) is 6.62. The number of unbranched alkanes of at least 4 members (excludes halogenated alkanes) is 2. The van der Waals surface area contributed by atoms with Gasteiger partial charge in [0.25, 0.3) is 20.0 Å². The summed E-state index contributed by atoms with van der Waals surface area (Å²) in [6.07, 6.45) is 1.13. The lowest BCUT2D eigenvalue weighted by Crippen LogP contribution is -2.40. The molecule has 0 fully saturated rings. The highest BCUT2D eigenvalue weighted by Crippen LogP contribution is 2.15. The van der Waals surface area contributed by atoms with Crippen LogP contribution >= 0.6 is 0 Å². The predicted octanol–water partition coefficient (Wildman–Crippen LogP) is 2.21. The Balaban J connectivity index is 4.72. The van der Waals surface area contributed by atoms with Crippen LogP contribution in [0.15, 0.2) is 0 Å². The van der Waals surface area contributed by atoms with E-state index in [9.17, 15) is 25.6 Å². The Morgan fingerprint density at radius 1 is 0.842 bits per heavy atom. The molecule has 0 radical (unpaired) electrons. The molecule has 0 aromatic carbocycles. The van der Waals surface area contributed by atoms with E-state index >= 15 is 0 Å². The second kappa shape index (κ2) is 8.11. The summed E-state index contributed by atoms with van der Waals surface area (Å²) in [5.41, 5.74) is -4.69. The van der Waals surface area contributed by atoms with Gasteiger partial charge in [0.05, 0.1) is 0 Å². The fourth-order valence-corrected chi connectivity index (χ4v) is 4.39. The van der Waals surface area contributed by atoms with Crippen LogP contribution in [-0.4, -0.2) is 27.8 Å². The zero-order valence-electron chi connectivity index (χ0n) is 11.1. The standard InChI is InChI=1S/C10H21F2NO4S2/c1-3-5-7-9(11)18(14,15)13-19(16,17)10(12)8-6-4-2/h9-10,13H,3-8H2,1-2H3. The van der Waals surface area contributed by atoms with Crippen molar-refractivity contribution in [3.8, 4) is 0 Å². The molecule has 0 aliphatic carbocycles. The molecule has 0 aliphatic heterocycles. The first-order chi connectivity index (χ1) is 8.67. The largest absolute Gasteiger partial charge is 0.256 e. The number of hydrogen-bond donors (Lipinski definition) is 1. The van der Waals surface area contributed by atoms with Crippen LogP contribution in [0.4, 0.5) is 8.78 Å². The summed E-state index contributed by atoms with van der Waals surface area (Å²) in [6.45, 7) is 3.48. The first-order valence-electron chi connectivity index (χ1n) is 6.21. The maximum absolute atomic E-state index is 13.4. The Hall–Kier alpha value is -0.280. The molecule has 5 nitrogen and oxygen atoms in total. The predicted molar refractivity (Wildman–Crippen MR) is 69.8 cm³/mol. The fraction of sp³-hybridized carbons (Fsp3) is 1.00. The fourth-order valence-electron chi connectivity index (χ4n) is 1.31. The van der Waals surface area contributed by atoms with Crippen molar-refractivity contribution in [3.63, 3.8) is 0 Å².